The Morgan fingerprint density at radius 1 is 1.31 bits per heavy atom. The standard InChI is InChI=1S/C21H26N2O3/c1-12-6-15-14-4-3-5-16-21(14)13(7-17(15)22(2)9-12)10-23(16)20-8-18(25)19(11-24)26-20/h3-6,10,15,17-20,24-25H,7-9,11H2,1-2H3/t15-,17-,18+,19-,20-/m1/s1. The van der Waals surface area contributed by atoms with Crippen LogP contribution in [0.4, 0.5) is 0 Å². The molecule has 0 bridgehead atoms. The maximum atomic E-state index is 10.1. The molecule has 0 unspecified atom stereocenters. The molecule has 1 fully saturated rings. The first-order chi connectivity index (χ1) is 12.6. The minimum atomic E-state index is -0.612. The molecule has 0 saturated carbocycles. The van der Waals surface area contributed by atoms with E-state index in [1.165, 1.54) is 27.6 Å². The van der Waals surface area contributed by atoms with Crippen LogP contribution in [0, 0.1) is 0 Å². The average Bonchev–Trinajstić information content (AvgIpc) is 3.17. The SMILES string of the molecule is CC1=C[C@@H]2c3cccc4c3c(cn4[C@H]3C[C@H](O)[C@@H](CO)O3)C[C@H]2N(C)C1. The van der Waals surface area contributed by atoms with Gasteiger partial charge in [0.05, 0.1) is 18.2 Å². The summed E-state index contributed by atoms with van der Waals surface area (Å²) in [7, 11) is 2.22. The number of fused-ring (bicyclic) bond motifs is 2. The van der Waals surface area contributed by atoms with Gasteiger partial charge in [0.15, 0.2) is 0 Å². The summed E-state index contributed by atoms with van der Waals surface area (Å²) in [5, 5.41) is 20.9. The molecule has 5 rings (SSSR count). The quantitative estimate of drug-likeness (QED) is 0.812. The number of benzene rings is 1. The van der Waals surface area contributed by atoms with Crippen molar-refractivity contribution in [1.82, 2.24) is 9.47 Å². The predicted octanol–water partition coefficient (Wildman–Crippen LogP) is 2.18. The maximum Gasteiger partial charge on any atom is 0.137 e. The number of aliphatic hydroxyl groups excluding tert-OH is 2. The number of rotatable bonds is 2. The molecule has 3 heterocycles. The van der Waals surface area contributed by atoms with Crippen molar-refractivity contribution in [3.05, 3.63) is 47.2 Å². The Labute approximate surface area is 153 Å². The number of nitrogens with zero attached hydrogens (tertiary/aromatic N) is 2. The summed E-state index contributed by atoms with van der Waals surface area (Å²) in [6, 6.07) is 7.03. The molecule has 1 aromatic heterocycles. The molecule has 0 spiro atoms. The molecule has 5 atom stereocenters. The summed E-state index contributed by atoms with van der Waals surface area (Å²) in [5.41, 5.74) is 5.37. The second-order valence-corrected chi connectivity index (χ2v) is 8.14. The Morgan fingerprint density at radius 3 is 2.92 bits per heavy atom. The Bertz CT molecular complexity index is 887. The minimum absolute atomic E-state index is 0.145. The maximum absolute atomic E-state index is 10.1. The van der Waals surface area contributed by atoms with Crippen molar-refractivity contribution in [1.29, 1.82) is 0 Å². The topological polar surface area (TPSA) is 57.9 Å². The van der Waals surface area contributed by atoms with E-state index >= 15 is 0 Å². The Kier molecular flexibility index (Phi) is 3.76. The summed E-state index contributed by atoms with van der Waals surface area (Å²) in [6.45, 7) is 3.10. The summed E-state index contributed by atoms with van der Waals surface area (Å²) in [5.74, 6) is 0.432. The fraction of sp³-hybridized carbons (Fsp3) is 0.524. The van der Waals surface area contributed by atoms with Crippen LogP contribution in [0.3, 0.4) is 0 Å². The first-order valence-electron chi connectivity index (χ1n) is 9.51. The van der Waals surface area contributed by atoms with Crippen LogP contribution in [0.2, 0.25) is 0 Å². The lowest BCUT2D eigenvalue weighted by Crippen LogP contribution is -2.43. The highest BCUT2D eigenvalue weighted by atomic mass is 16.5. The molecule has 5 nitrogen and oxygen atoms in total. The zero-order valence-corrected chi connectivity index (χ0v) is 15.3. The van der Waals surface area contributed by atoms with Gasteiger partial charge in [0.25, 0.3) is 0 Å². The van der Waals surface area contributed by atoms with Crippen LogP contribution in [-0.2, 0) is 11.2 Å². The first-order valence-corrected chi connectivity index (χ1v) is 9.51. The largest absolute Gasteiger partial charge is 0.394 e. The molecular weight excluding hydrogens is 328 g/mol. The van der Waals surface area contributed by atoms with Crippen LogP contribution in [-0.4, -0.2) is 58.1 Å². The smallest absolute Gasteiger partial charge is 0.137 e. The number of ether oxygens (including phenoxy) is 1. The summed E-state index contributed by atoms with van der Waals surface area (Å²) >= 11 is 0. The van der Waals surface area contributed by atoms with Crippen LogP contribution in [0.15, 0.2) is 36.0 Å². The van der Waals surface area contributed by atoms with E-state index in [-0.39, 0.29) is 12.8 Å². The lowest BCUT2D eigenvalue weighted by molar-refractivity contribution is -0.0429. The molecular formula is C21H26N2O3. The molecule has 1 aliphatic carbocycles. The molecule has 138 valence electrons. The number of hydrogen-bond acceptors (Lipinski definition) is 4. The molecule has 2 N–H and O–H groups in total. The van der Waals surface area contributed by atoms with E-state index in [9.17, 15) is 10.2 Å². The lowest BCUT2D eigenvalue weighted by atomic mass is 9.77. The van der Waals surface area contributed by atoms with E-state index in [4.69, 9.17) is 4.74 Å². The molecule has 5 heteroatoms. The predicted molar refractivity (Wildman–Crippen MR) is 100 cm³/mol. The van der Waals surface area contributed by atoms with E-state index in [2.05, 4.69) is 53.9 Å². The van der Waals surface area contributed by atoms with Gasteiger partial charge < -0.3 is 19.5 Å². The Balaban J connectivity index is 1.63. The molecule has 2 aromatic rings. The number of aliphatic hydroxyl groups is 2. The first kappa shape index (κ1) is 16.5. The summed E-state index contributed by atoms with van der Waals surface area (Å²) in [6.07, 6.45) is 4.88. The molecule has 0 radical (unpaired) electrons. The number of hydrogen-bond donors (Lipinski definition) is 2. The molecule has 26 heavy (non-hydrogen) atoms. The molecule has 3 aliphatic rings. The van der Waals surface area contributed by atoms with Gasteiger partial charge >= 0.3 is 0 Å². The summed E-state index contributed by atoms with van der Waals surface area (Å²) < 4.78 is 8.10. The van der Waals surface area contributed by atoms with Crippen LogP contribution >= 0.6 is 0 Å². The van der Waals surface area contributed by atoms with Crippen molar-refractivity contribution in [2.75, 3.05) is 20.2 Å². The Morgan fingerprint density at radius 2 is 2.15 bits per heavy atom. The number of aromatic nitrogens is 1. The van der Waals surface area contributed by atoms with Crippen LogP contribution < -0.4 is 0 Å². The third-order valence-electron chi connectivity index (χ3n) is 6.40. The van der Waals surface area contributed by atoms with Gasteiger partial charge in [0.1, 0.15) is 12.3 Å². The van der Waals surface area contributed by atoms with Gasteiger partial charge in [0.2, 0.25) is 0 Å². The molecule has 0 amide bonds. The Hall–Kier alpha value is -1.66. The van der Waals surface area contributed by atoms with Crippen LogP contribution in [0.5, 0.6) is 0 Å². The molecule has 2 aliphatic heterocycles. The van der Waals surface area contributed by atoms with Gasteiger partial charge in [-0.15, -0.1) is 0 Å². The van der Waals surface area contributed by atoms with E-state index in [1.54, 1.807) is 0 Å². The third kappa shape index (κ3) is 2.31. The van der Waals surface area contributed by atoms with Gasteiger partial charge in [-0.2, -0.15) is 0 Å². The second kappa shape index (κ2) is 5.92. The highest BCUT2D eigenvalue weighted by Crippen LogP contribution is 2.44. The van der Waals surface area contributed by atoms with Crippen molar-refractivity contribution in [2.24, 2.45) is 0 Å². The molecule has 1 saturated heterocycles. The summed E-state index contributed by atoms with van der Waals surface area (Å²) in [4.78, 5) is 2.47. The van der Waals surface area contributed by atoms with Crippen molar-refractivity contribution < 1.29 is 14.9 Å². The van der Waals surface area contributed by atoms with Gasteiger partial charge in [-0.1, -0.05) is 23.8 Å². The lowest BCUT2D eigenvalue weighted by Gasteiger charge is -2.40. The van der Waals surface area contributed by atoms with Crippen LogP contribution in [0.1, 0.15) is 36.6 Å². The van der Waals surface area contributed by atoms with Gasteiger partial charge in [-0.3, -0.25) is 4.90 Å². The fourth-order valence-electron chi connectivity index (χ4n) is 5.21. The fourth-order valence-corrected chi connectivity index (χ4v) is 5.21. The average molecular weight is 354 g/mol. The van der Waals surface area contributed by atoms with Gasteiger partial charge in [0, 0.05) is 36.5 Å². The highest BCUT2D eigenvalue weighted by molar-refractivity contribution is 5.89. The second-order valence-electron chi connectivity index (χ2n) is 8.14. The van der Waals surface area contributed by atoms with Gasteiger partial charge in [-0.25, -0.2) is 0 Å². The van der Waals surface area contributed by atoms with Gasteiger partial charge in [-0.05, 0) is 37.6 Å². The van der Waals surface area contributed by atoms with E-state index in [1.807, 2.05) is 0 Å². The zero-order chi connectivity index (χ0) is 18.0. The van der Waals surface area contributed by atoms with E-state index < -0.39 is 12.2 Å². The van der Waals surface area contributed by atoms with Crippen molar-refractivity contribution in [2.45, 2.75) is 50.2 Å². The minimum Gasteiger partial charge on any atom is -0.394 e. The zero-order valence-electron chi connectivity index (χ0n) is 15.3. The van der Waals surface area contributed by atoms with Crippen molar-refractivity contribution in [3.63, 3.8) is 0 Å². The monoisotopic (exact) mass is 354 g/mol. The normalized spacial score (nSPS) is 34.2. The third-order valence-corrected chi connectivity index (χ3v) is 6.40. The van der Waals surface area contributed by atoms with E-state index in [0.29, 0.717) is 18.4 Å². The van der Waals surface area contributed by atoms with Crippen molar-refractivity contribution >= 4 is 10.9 Å². The number of likely N-dealkylation sites (N-methyl/N-ethyl adjacent to an activating group) is 1. The van der Waals surface area contributed by atoms with E-state index in [0.717, 1.165) is 13.0 Å². The highest BCUT2D eigenvalue weighted by Gasteiger charge is 2.38. The molecule has 1 aromatic carbocycles. The van der Waals surface area contributed by atoms with Crippen molar-refractivity contribution in [3.8, 4) is 0 Å². The van der Waals surface area contributed by atoms with Crippen LogP contribution in [0.25, 0.3) is 10.9 Å².